The van der Waals surface area contributed by atoms with Crippen molar-refractivity contribution in [2.24, 2.45) is 0 Å². The molecular formula is C23H23N3O. The van der Waals surface area contributed by atoms with Crippen LogP contribution in [0.4, 0.5) is 5.69 Å². The predicted molar refractivity (Wildman–Crippen MR) is 110 cm³/mol. The van der Waals surface area contributed by atoms with Crippen LogP contribution in [-0.2, 0) is 6.54 Å². The van der Waals surface area contributed by atoms with Crippen LogP contribution in [0.5, 0.6) is 0 Å². The molecule has 2 aromatic carbocycles. The Morgan fingerprint density at radius 3 is 2.74 bits per heavy atom. The molecule has 4 aromatic rings. The number of nitrogens with one attached hydrogen (secondary N) is 1. The quantitative estimate of drug-likeness (QED) is 0.573. The van der Waals surface area contributed by atoms with Gasteiger partial charge in [0.15, 0.2) is 0 Å². The molecule has 136 valence electrons. The molecule has 1 N–H and O–H groups in total. The number of hydrogen-bond acceptors (Lipinski definition) is 4. The number of anilines is 1. The van der Waals surface area contributed by atoms with Gasteiger partial charge in [0.05, 0.1) is 11.1 Å². The number of rotatable bonds is 4. The van der Waals surface area contributed by atoms with Crippen molar-refractivity contribution in [2.75, 3.05) is 18.0 Å². The third-order valence-corrected chi connectivity index (χ3v) is 5.61. The molecule has 0 spiro atoms. The van der Waals surface area contributed by atoms with E-state index in [-0.39, 0.29) is 0 Å². The Kier molecular flexibility index (Phi) is 4.26. The van der Waals surface area contributed by atoms with Gasteiger partial charge in [0.1, 0.15) is 18.0 Å². The van der Waals surface area contributed by atoms with Crippen LogP contribution in [0, 0.1) is 0 Å². The van der Waals surface area contributed by atoms with E-state index < -0.39 is 0 Å². The van der Waals surface area contributed by atoms with Gasteiger partial charge in [0.2, 0.25) is 0 Å². The Morgan fingerprint density at radius 2 is 1.85 bits per heavy atom. The Bertz CT molecular complexity index is 1060. The van der Waals surface area contributed by atoms with Crippen molar-refractivity contribution in [3.8, 4) is 0 Å². The third kappa shape index (κ3) is 3.28. The van der Waals surface area contributed by atoms with E-state index in [2.05, 4.69) is 63.7 Å². The van der Waals surface area contributed by atoms with Crippen LogP contribution in [0.15, 0.2) is 71.7 Å². The molecule has 5 rings (SSSR count). The van der Waals surface area contributed by atoms with Gasteiger partial charge in [-0.2, -0.15) is 0 Å². The monoisotopic (exact) mass is 357 g/mol. The highest BCUT2D eigenvalue weighted by Crippen LogP contribution is 2.28. The minimum Gasteiger partial charge on any atom is -0.470 e. The zero-order chi connectivity index (χ0) is 18.1. The molecule has 0 bridgehead atoms. The van der Waals surface area contributed by atoms with Gasteiger partial charge >= 0.3 is 0 Å². The van der Waals surface area contributed by atoms with Crippen molar-refractivity contribution in [1.29, 1.82) is 0 Å². The third-order valence-electron chi connectivity index (χ3n) is 5.61. The van der Waals surface area contributed by atoms with Gasteiger partial charge in [-0.15, -0.1) is 0 Å². The van der Waals surface area contributed by atoms with Crippen LogP contribution < -0.4 is 10.2 Å². The maximum atomic E-state index is 5.33. The number of benzene rings is 2. The summed E-state index contributed by atoms with van der Waals surface area (Å²) in [4.78, 5) is 6.82. The van der Waals surface area contributed by atoms with Gasteiger partial charge in [-0.3, -0.25) is 4.98 Å². The van der Waals surface area contributed by atoms with E-state index in [0.29, 0.717) is 6.04 Å². The molecule has 1 aliphatic rings. The molecule has 0 atom stereocenters. The second-order valence-electron chi connectivity index (χ2n) is 7.32. The van der Waals surface area contributed by atoms with E-state index >= 15 is 0 Å². The summed E-state index contributed by atoms with van der Waals surface area (Å²) in [5.41, 5.74) is 3.52. The summed E-state index contributed by atoms with van der Waals surface area (Å²) in [5, 5.41) is 7.48. The van der Waals surface area contributed by atoms with Crippen molar-refractivity contribution in [3.63, 3.8) is 0 Å². The molecule has 1 fully saturated rings. The SMILES string of the molecule is c1ccc2cc(CNC3CCN(c4ccnc5cocc45)CC3)ccc2c1. The predicted octanol–water partition coefficient (Wildman–Crippen LogP) is 4.74. The van der Waals surface area contributed by atoms with E-state index in [1.165, 1.54) is 22.0 Å². The minimum atomic E-state index is 0.564. The van der Waals surface area contributed by atoms with Crippen molar-refractivity contribution in [1.82, 2.24) is 10.3 Å². The van der Waals surface area contributed by atoms with Gasteiger partial charge in [-0.25, -0.2) is 0 Å². The molecule has 1 aliphatic heterocycles. The molecule has 1 saturated heterocycles. The van der Waals surface area contributed by atoms with Gasteiger partial charge in [-0.1, -0.05) is 36.4 Å². The van der Waals surface area contributed by atoms with Gasteiger partial charge in [-0.05, 0) is 41.3 Å². The van der Waals surface area contributed by atoms with Crippen molar-refractivity contribution in [3.05, 3.63) is 72.8 Å². The summed E-state index contributed by atoms with van der Waals surface area (Å²) in [6, 6.07) is 18.0. The number of nitrogens with zero attached hydrogens (tertiary/aromatic N) is 2. The lowest BCUT2D eigenvalue weighted by Gasteiger charge is -2.34. The molecular weight excluding hydrogens is 334 g/mol. The Hall–Kier alpha value is -2.85. The maximum absolute atomic E-state index is 5.33. The smallest absolute Gasteiger partial charge is 0.117 e. The molecule has 3 heterocycles. The number of pyridine rings is 1. The lowest BCUT2D eigenvalue weighted by atomic mass is 10.0. The first kappa shape index (κ1) is 16.3. The van der Waals surface area contributed by atoms with E-state index in [0.717, 1.165) is 43.4 Å². The highest BCUT2D eigenvalue weighted by Gasteiger charge is 2.20. The summed E-state index contributed by atoms with van der Waals surface area (Å²) in [7, 11) is 0. The largest absolute Gasteiger partial charge is 0.470 e. The topological polar surface area (TPSA) is 41.3 Å². The summed E-state index contributed by atoms with van der Waals surface area (Å²) < 4.78 is 5.33. The van der Waals surface area contributed by atoms with E-state index in [9.17, 15) is 0 Å². The molecule has 4 nitrogen and oxygen atoms in total. The molecule has 0 saturated carbocycles. The molecule has 4 heteroatoms. The van der Waals surface area contributed by atoms with E-state index in [1.54, 1.807) is 6.26 Å². The first-order valence-corrected chi connectivity index (χ1v) is 9.64. The van der Waals surface area contributed by atoms with E-state index in [1.807, 2.05) is 12.5 Å². The fourth-order valence-electron chi connectivity index (χ4n) is 4.07. The summed E-state index contributed by atoms with van der Waals surface area (Å²) in [5.74, 6) is 0. The highest BCUT2D eigenvalue weighted by atomic mass is 16.3. The molecule has 0 amide bonds. The van der Waals surface area contributed by atoms with Gasteiger partial charge < -0.3 is 14.6 Å². The van der Waals surface area contributed by atoms with Crippen LogP contribution in [0.2, 0.25) is 0 Å². The summed E-state index contributed by atoms with van der Waals surface area (Å²) in [6.45, 7) is 3.04. The fourth-order valence-corrected chi connectivity index (χ4v) is 4.07. The minimum absolute atomic E-state index is 0.564. The van der Waals surface area contributed by atoms with Crippen molar-refractivity contribution in [2.45, 2.75) is 25.4 Å². The highest BCUT2D eigenvalue weighted by molar-refractivity contribution is 5.90. The van der Waals surface area contributed by atoms with Crippen LogP contribution in [0.1, 0.15) is 18.4 Å². The summed E-state index contributed by atoms with van der Waals surface area (Å²) >= 11 is 0. The normalized spacial score (nSPS) is 15.6. The first-order valence-electron chi connectivity index (χ1n) is 9.64. The van der Waals surface area contributed by atoms with E-state index in [4.69, 9.17) is 4.42 Å². The molecule has 2 aromatic heterocycles. The molecule has 0 unspecified atom stereocenters. The van der Waals surface area contributed by atoms with Crippen molar-refractivity contribution >= 4 is 27.4 Å². The second kappa shape index (κ2) is 7.05. The van der Waals surface area contributed by atoms with Crippen LogP contribution in [0.3, 0.4) is 0 Å². The van der Waals surface area contributed by atoms with Crippen LogP contribution in [0.25, 0.3) is 21.7 Å². The zero-order valence-corrected chi connectivity index (χ0v) is 15.3. The van der Waals surface area contributed by atoms with Gasteiger partial charge in [0, 0.05) is 31.9 Å². The van der Waals surface area contributed by atoms with Crippen LogP contribution >= 0.6 is 0 Å². The lowest BCUT2D eigenvalue weighted by molar-refractivity contribution is 0.414. The van der Waals surface area contributed by atoms with Crippen molar-refractivity contribution < 1.29 is 4.42 Å². The summed E-state index contributed by atoms with van der Waals surface area (Å²) in [6.07, 6.45) is 7.69. The Balaban J connectivity index is 1.21. The first-order chi connectivity index (χ1) is 13.4. The zero-order valence-electron chi connectivity index (χ0n) is 15.3. The number of furan rings is 1. The molecule has 0 radical (unpaired) electrons. The number of aromatic nitrogens is 1. The average Bonchev–Trinajstić information content (AvgIpc) is 3.21. The maximum Gasteiger partial charge on any atom is 0.117 e. The number of piperidine rings is 1. The van der Waals surface area contributed by atoms with Gasteiger partial charge in [0.25, 0.3) is 0 Å². The van der Waals surface area contributed by atoms with Crippen LogP contribution in [-0.4, -0.2) is 24.1 Å². The Morgan fingerprint density at radius 1 is 1.00 bits per heavy atom. The molecule has 0 aliphatic carbocycles. The average molecular weight is 357 g/mol. The molecule has 27 heavy (non-hydrogen) atoms. The fraction of sp³-hybridized carbons (Fsp3) is 0.261. The standard InChI is InChI=1S/C23H23N3O/c1-2-4-19-13-17(5-6-18(19)3-1)14-25-20-8-11-26(12-9-20)23-7-10-24-22-16-27-15-21(22)23/h1-7,10,13,15-16,20,25H,8-9,11-12,14H2. The Labute approximate surface area is 158 Å². The second-order valence-corrected chi connectivity index (χ2v) is 7.32. The lowest BCUT2D eigenvalue weighted by Crippen LogP contribution is -2.42. The number of hydrogen-bond donors (Lipinski definition) is 1. The number of fused-ring (bicyclic) bond motifs is 2.